The van der Waals surface area contributed by atoms with Crippen molar-refractivity contribution in [2.75, 3.05) is 13.7 Å². The zero-order chi connectivity index (χ0) is 17.4. The molecule has 0 heterocycles. The van der Waals surface area contributed by atoms with Gasteiger partial charge in [0.1, 0.15) is 5.75 Å². The van der Waals surface area contributed by atoms with Gasteiger partial charge in [0.05, 0.1) is 19.6 Å². The van der Waals surface area contributed by atoms with Crippen molar-refractivity contribution in [2.45, 2.75) is 25.3 Å². The standard InChI is InChI=1S/C19H22ClNO3/c1-24-18-10-9-16(20)12-15(18)13-19(23)21-17(8-5-11-22)14-6-3-2-4-7-14/h2-4,6-7,9-10,12,17,22H,5,8,11,13H2,1H3,(H,21,23). The largest absolute Gasteiger partial charge is 0.496 e. The smallest absolute Gasteiger partial charge is 0.225 e. The van der Waals surface area contributed by atoms with Gasteiger partial charge in [-0.05, 0) is 36.6 Å². The number of aliphatic hydroxyl groups excluding tert-OH is 1. The first-order valence-corrected chi connectivity index (χ1v) is 8.29. The summed E-state index contributed by atoms with van der Waals surface area (Å²) in [5, 5.41) is 12.7. The van der Waals surface area contributed by atoms with Gasteiger partial charge in [-0.1, -0.05) is 41.9 Å². The number of hydrogen-bond donors (Lipinski definition) is 2. The van der Waals surface area contributed by atoms with Gasteiger partial charge in [-0.2, -0.15) is 0 Å². The lowest BCUT2D eigenvalue weighted by Crippen LogP contribution is -2.30. The second-order valence-electron chi connectivity index (χ2n) is 5.53. The molecule has 1 unspecified atom stereocenters. The summed E-state index contributed by atoms with van der Waals surface area (Å²) in [5.41, 5.74) is 1.77. The quantitative estimate of drug-likeness (QED) is 0.768. The first-order valence-electron chi connectivity index (χ1n) is 7.91. The third kappa shape index (κ3) is 5.25. The molecule has 0 aliphatic rings. The topological polar surface area (TPSA) is 58.6 Å². The lowest BCUT2D eigenvalue weighted by Gasteiger charge is -2.19. The zero-order valence-electron chi connectivity index (χ0n) is 13.7. The Hall–Kier alpha value is -2.04. The summed E-state index contributed by atoms with van der Waals surface area (Å²) in [5.74, 6) is 0.531. The Labute approximate surface area is 147 Å². The molecule has 24 heavy (non-hydrogen) atoms. The molecule has 2 aromatic carbocycles. The Morgan fingerprint density at radius 3 is 2.67 bits per heavy atom. The van der Waals surface area contributed by atoms with Gasteiger partial charge in [-0.3, -0.25) is 4.79 Å². The van der Waals surface area contributed by atoms with Gasteiger partial charge in [0, 0.05) is 17.2 Å². The summed E-state index contributed by atoms with van der Waals surface area (Å²) in [6.07, 6.45) is 1.49. The highest BCUT2D eigenvalue weighted by atomic mass is 35.5. The molecule has 2 N–H and O–H groups in total. The van der Waals surface area contributed by atoms with Gasteiger partial charge in [-0.25, -0.2) is 0 Å². The Kier molecular flexibility index (Phi) is 7.09. The van der Waals surface area contributed by atoms with Gasteiger partial charge in [-0.15, -0.1) is 0 Å². The number of carbonyl (C=O) groups is 1. The molecule has 128 valence electrons. The number of amides is 1. The predicted octanol–water partition coefficient (Wildman–Crippen LogP) is 3.52. The van der Waals surface area contributed by atoms with Crippen LogP contribution in [-0.4, -0.2) is 24.7 Å². The van der Waals surface area contributed by atoms with Crippen LogP contribution in [0.1, 0.15) is 30.0 Å². The molecule has 4 nitrogen and oxygen atoms in total. The van der Waals surface area contributed by atoms with Crippen LogP contribution < -0.4 is 10.1 Å². The van der Waals surface area contributed by atoms with Crippen LogP contribution in [0.4, 0.5) is 0 Å². The van der Waals surface area contributed by atoms with E-state index in [4.69, 9.17) is 21.4 Å². The van der Waals surface area contributed by atoms with Crippen molar-refractivity contribution in [2.24, 2.45) is 0 Å². The molecule has 0 aliphatic carbocycles. The second kappa shape index (κ2) is 9.30. The monoisotopic (exact) mass is 347 g/mol. The fourth-order valence-electron chi connectivity index (χ4n) is 2.61. The summed E-state index contributed by atoms with van der Waals surface area (Å²) >= 11 is 6.01. The highest BCUT2D eigenvalue weighted by Crippen LogP contribution is 2.24. The minimum absolute atomic E-state index is 0.0985. The summed E-state index contributed by atoms with van der Waals surface area (Å²) in [6, 6.07) is 14.9. The van der Waals surface area contributed by atoms with Crippen LogP contribution >= 0.6 is 11.6 Å². The molecule has 5 heteroatoms. The molecule has 0 radical (unpaired) electrons. The summed E-state index contributed by atoms with van der Waals surface area (Å²) < 4.78 is 5.28. The number of ether oxygens (including phenoxy) is 1. The van der Waals surface area contributed by atoms with Crippen molar-refractivity contribution >= 4 is 17.5 Å². The average Bonchev–Trinajstić information content (AvgIpc) is 2.59. The number of aliphatic hydroxyl groups is 1. The molecule has 2 aromatic rings. The summed E-state index contributed by atoms with van der Waals surface area (Å²) in [7, 11) is 1.57. The Bertz CT molecular complexity index is 661. The van der Waals surface area contributed by atoms with E-state index in [1.165, 1.54) is 0 Å². The van der Waals surface area contributed by atoms with E-state index in [1.54, 1.807) is 25.3 Å². The lowest BCUT2D eigenvalue weighted by atomic mass is 10.0. The number of rotatable bonds is 8. The van der Waals surface area contributed by atoms with Crippen LogP contribution in [0.3, 0.4) is 0 Å². The molecule has 1 amide bonds. The van der Waals surface area contributed by atoms with Crippen LogP contribution in [0.2, 0.25) is 5.02 Å². The molecule has 2 rings (SSSR count). The summed E-state index contributed by atoms with van der Waals surface area (Å²) in [4.78, 5) is 12.5. The second-order valence-corrected chi connectivity index (χ2v) is 5.97. The number of hydrogen-bond acceptors (Lipinski definition) is 3. The van der Waals surface area contributed by atoms with Gasteiger partial charge >= 0.3 is 0 Å². The molecular formula is C19H22ClNO3. The van der Waals surface area contributed by atoms with E-state index in [-0.39, 0.29) is 25.0 Å². The van der Waals surface area contributed by atoms with Gasteiger partial charge < -0.3 is 15.2 Å². The first kappa shape index (κ1) is 18.3. The van der Waals surface area contributed by atoms with Gasteiger partial charge in [0.25, 0.3) is 0 Å². The van der Waals surface area contributed by atoms with E-state index >= 15 is 0 Å². The van der Waals surface area contributed by atoms with Crippen LogP contribution in [0, 0.1) is 0 Å². The fourth-order valence-corrected chi connectivity index (χ4v) is 2.80. The van der Waals surface area contributed by atoms with E-state index in [1.807, 2.05) is 30.3 Å². The van der Waals surface area contributed by atoms with Crippen molar-refractivity contribution < 1.29 is 14.6 Å². The molecule has 0 aromatic heterocycles. The van der Waals surface area contributed by atoms with E-state index in [2.05, 4.69) is 5.32 Å². The fraction of sp³-hybridized carbons (Fsp3) is 0.316. The zero-order valence-corrected chi connectivity index (χ0v) is 14.4. The number of benzene rings is 2. The number of methoxy groups -OCH3 is 1. The third-order valence-electron chi connectivity index (χ3n) is 3.78. The predicted molar refractivity (Wildman–Crippen MR) is 95.4 cm³/mol. The molecule has 0 saturated carbocycles. The number of nitrogens with one attached hydrogen (secondary N) is 1. The summed E-state index contributed by atoms with van der Waals surface area (Å²) in [6.45, 7) is 0.0985. The van der Waals surface area contributed by atoms with Crippen LogP contribution in [0.5, 0.6) is 5.75 Å². The first-order chi connectivity index (χ1) is 11.6. The van der Waals surface area contributed by atoms with Crippen LogP contribution in [-0.2, 0) is 11.2 Å². The lowest BCUT2D eigenvalue weighted by molar-refractivity contribution is -0.121. The SMILES string of the molecule is COc1ccc(Cl)cc1CC(=O)NC(CCCO)c1ccccc1. The molecule has 0 bridgehead atoms. The minimum Gasteiger partial charge on any atom is -0.496 e. The normalized spacial score (nSPS) is 11.8. The molecule has 0 saturated heterocycles. The van der Waals surface area contributed by atoms with E-state index < -0.39 is 0 Å². The maximum Gasteiger partial charge on any atom is 0.225 e. The van der Waals surface area contributed by atoms with Crippen molar-refractivity contribution in [3.05, 3.63) is 64.7 Å². The molecule has 0 aliphatic heterocycles. The number of halogens is 1. The average molecular weight is 348 g/mol. The molecule has 0 spiro atoms. The molecular weight excluding hydrogens is 326 g/mol. The molecule has 1 atom stereocenters. The van der Waals surface area contributed by atoms with Crippen molar-refractivity contribution in [1.29, 1.82) is 0 Å². The Balaban J connectivity index is 2.09. The Morgan fingerprint density at radius 2 is 2.00 bits per heavy atom. The molecule has 0 fully saturated rings. The van der Waals surface area contributed by atoms with Crippen LogP contribution in [0.15, 0.2) is 48.5 Å². The Morgan fingerprint density at radius 1 is 1.25 bits per heavy atom. The minimum atomic E-state index is -0.129. The maximum atomic E-state index is 12.5. The number of carbonyl (C=O) groups excluding carboxylic acids is 1. The maximum absolute atomic E-state index is 12.5. The third-order valence-corrected chi connectivity index (χ3v) is 4.02. The van der Waals surface area contributed by atoms with E-state index in [0.29, 0.717) is 23.6 Å². The van der Waals surface area contributed by atoms with E-state index in [9.17, 15) is 4.79 Å². The van der Waals surface area contributed by atoms with Crippen molar-refractivity contribution in [3.8, 4) is 5.75 Å². The van der Waals surface area contributed by atoms with Crippen molar-refractivity contribution in [1.82, 2.24) is 5.32 Å². The van der Waals surface area contributed by atoms with Gasteiger partial charge in [0.15, 0.2) is 0 Å². The van der Waals surface area contributed by atoms with Crippen molar-refractivity contribution in [3.63, 3.8) is 0 Å². The van der Waals surface area contributed by atoms with Crippen LogP contribution in [0.25, 0.3) is 0 Å². The highest BCUT2D eigenvalue weighted by molar-refractivity contribution is 6.30. The van der Waals surface area contributed by atoms with E-state index in [0.717, 1.165) is 11.1 Å². The van der Waals surface area contributed by atoms with Gasteiger partial charge in [0.2, 0.25) is 5.91 Å². The highest BCUT2D eigenvalue weighted by Gasteiger charge is 2.16.